The largest absolute Gasteiger partial charge is 0.493 e. The number of para-hydroxylation sites is 1. The molecule has 86 valence electrons. The van der Waals surface area contributed by atoms with Crippen molar-refractivity contribution in [3.05, 3.63) is 43.0 Å². The van der Waals surface area contributed by atoms with E-state index in [4.69, 9.17) is 4.74 Å². The molecule has 0 unspecified atom stereocenters. The van der Waals surface area contributed by atoms with E-state index in [0.29, 0.717) is 6.61 Å². The summed E-state index contributed by atoms with van der Waals surface area (Å²) in [5.41, 5.74) is -0.966. The van der Waals surface area contributed by atoms with E-state index in [1.165, 1.54) is 0 Å². The van der Waals surface area contributed by atoms with E-state index in [2.05, 4.69) is 6.58 Å². The fourth-order valence-corrected chi connectivity index (χ4v) is 2.11. The normalized spacial score (nSPS) is 32.9. The van der Waals surface area contributed by atoms with Crippen LogP contribution >= 0.6 is 0 Å². The lowest BCUT2D eigenvalue weighted by Gasteiger charge is -2.52. The van der Waals surface area contributed by atoms with Crippen LogP contribution in [0.3, 0.4) is 0 Å². The molecule has 1 aromatic carbocycles. The van der Waals surface area contributed by atoms with Gasteiger partial charge in [0.2, 0.25) is 0 Å². The standard InChI is InChI=1S/C14H18O2/c1-3-14(15)10-9-13(14,2)11-16-12-7-5-4-6-8-12/h3-8,15H,1,9-11H2,2H3/t13-,14+/m0/s1. The molecule has 2 atom stereocenters. The molecule has 1 N–H and O–H groups in total. The Bertz CT molecular complexity index is 374. The minimum atomic E-state index is -0.762. The molecule has 0 aliphatic heterocycles. The number of rotatable bonds is 4. The summed E-state index contributed by atoms with van der Waals surface area (Å²) >= 11 is 0. The van der Waals surface area contributed by atoms with Crippen molar-refractivity contribution in [1.82, 2.24) is 0 Å². The maximum Gasteiger partial charge on any atom is 0.119 e. The van der Waals surface area contributed by atoms with Gasteiger partial charge in [0.15, 0.2) is 0 Å². The highest BCUT2D eigenvalue weighted by Gasteiger charge is 2.53. The second-order valence-corrected chi connectivity index (χ2v) is 4.79. The highest BCUT2D eigenvalue weighted by molar-refractivity contribution is 5.22. The van der Waals surface area contributed by atoms with Crippen molar-refractivity contribution >= 4 is 0 Å². The lowest BCUT2D eigenvalue weighted by atomic mass is 9.58. The second-order valence-electron chi connectivity index (χ2n) is 4.79. The first-order valence-corrected chi connectivity index (χ1v) is 5.63. The van der Waals surface area contributed by atoms with Crippen molar-refractivity contribution in [3.63, 3.8) is 0 Å². The monoisotopic (exact) mass is 218 g/mol. The van der Waals surface area contributed by atoms with Gasteiger partial charge in [-0.05, 0) is 25.0 Å². The Balaban J connectivity index is 1.98. The molecular weight excluding hydrogens is 200 g/mol. The van der Waals surface area contributed by atoms with Crippen LogP contribution in [-0.2, 0) is 0 Å². The lowest BCUT2D eigenvalue weighted by molar-refractivity contribution is -0.137. The van der Waals surface area contributed by atoms with Gasteiger partial charge in [0, 0.05) is 5.41 Å². The van der Waals surface area contributed by atoms with Gasteiger partial charge >= 0.3 is 0 Å². The number of hydrogen-bond donors (Lipinski definition) is 1. The molecule has 1 aromatic rings. The van der Waals surface area contributed by atoms with Gasteiger partial charge in [0.05, 0.1) is 12.2 Å². The van der Waals surface area contributed by atoms with Crippen molar-refractivity contribution in [2.45, 2.75) is 25.4 Å². The summed E-state index contributed by atoms with van der Waals surface area (Å²) in [6.07, 6.45) is 3.40. The van der Waals surface area contributed by atoms with Crippen LogP contribution in [0.2, 0.25) is 0 Å². The Labute approximate surface area is 96.6 Å². The van der Waals surface area contributed by atoms with Crippen LogP contribution in [0.4, 0.5) is 0 Å². The van der Waals surface area contributed by atoms with Gasteiger partial charge in [-0.1, -0.05) is 31.2 Å². The Hall–Kier alpha value is -1.28. The van der Waals surface area contributed by atoms with Crippen LogP contribution in [0.1, 0.15) is 19.8 Å². The lowest BCUT2D eigenvalue weighted by Crippen LogP contribution is -2.57. The molecule has 0 aromatic heterocycles. The molecule has 0 amide bonds. The van der Waals surface area contributed by atoms with E-state index >= 15 is 0 Å². The van der Waals surface area contributed by atoms with E-state index in [1.807, 2.05) is 37.3 Å². The number of hydrogen-bond acceptors (Lipinski definition) is 2. The third-order valence-corrected chi connectivity index (χ3v) is 3.74. The van der Waals surface area contributed by atoms with Crippen LogP contribution in [0.15, 0.2) is 43.0 Å². The Morgan fingerprint density at radius 1 is 1.38 bits per heavy atom. The summed E-state index contributed by atoms with van der Waals surface area (Å²) in [6, 6.07) is 9.69. The molecular formula is C14H18O2. The highest BCUT2D eigenvalue weighted by Crippen LogP contribution is 2.50. The van der Waals surface area contributed by atoms with Gasteiger partial charge in [0.1, 0.15) is 5.75 Å². The van der Waals surface area contributed by atoms with Crippen molar-refractivity contribution in [3.8, 4) is 5.75 Å². The number of aliphatic hydroxyl groups is 1. The van der Waals surface area contributed by atoms with E-state index in [-0.39, 0.29) is 5.41 Å². The molecule has 1 aliphatic rings. The average Bonchev–Trinajstić information content (AvgIpc) is 2.34. The molecule has 2 rings (SSSR count). The molecule has 16 heavy (non-hydrogen) atoms. The van der Waals surface area contributed by atoms with Crippen molar-refractivity contribution in [2.24, 2.45) is 5.41 Å². The van der Waals surface area contributed by atoms with E-state index in [9.17, 15) is 5.11 Å². The van der Waals surface area contributed by atoms with Crippen LogP contribution in [0.5, 0.6) is 5.75 Å². The van der Waals surface area contributed by atoms with Crippen LogP contribution in [0, 0.1) is 5.41 Å². The SMILES string of the molecule is C=C[C@@]1(O)CC[C@@]1(C)COc1ccccc1. The fraction of sp³-hybridized carbons (Fsp3) is 0.429. The van der Waals surface area contributed by atoms with Gasteiger partial charge in [-0.2, -0.15) is 0 Å². The molecule has 0 heterocycles. The van der Waals surface area contributed by atoms with Crippen LogP contribution in [-0.4, -0.2) is 17.3 Å². The molecule has 0 radical (unpaired) electrons. The summed E-state index contributed by atoms with van der Waals surface area (Å²) in [4.78, 5) is 0. The first-order chi connectivity index (χ1) is 7.60. The fourth-order valence-electron chi connectivity index (χ4n) is 2.11. The highest BCUT2D eigenvalue weighted by atomic mass is 16.5. The molecule has 1 aliphatic carbocycles. The summed E-state index contributed by atoms with van der Waals surface area (Å²) in [5.74, 6) is 0.849. The van der Waals surface area contributed by atoms with Gasteiger partial charge in [-0.3, -0.25) is 0 Å². The smallest absolute Gasteiger partial charge is 0.119 e. The van der Waals surface area contributed by atoms with Crippen LogP contribution in [0.25, 0.3) is 0 Å². The summed E-state index contributed by atoms with van der Waals surface area (Å²) in [6.45, 7) is 6.27. The van der Waals surface area contributed by atoms with Crippen molar-refractivity contribution in [1.29, 1.82) is 0 Å². The maximum absolute atomic E-state index is 10.2. The van der Waals surface area contributed by atoms with Gasteiger partial charge in [0.25, 0.3) is 0 Å². The minimum absolute atomic E-state index is 0.204. The van der Waals surface area contributed by atoms with Gasteiger partial charge < -0.3 is 9.84 Å². The molecule has 0 spiro atoms. The predicted molar refractivity (Wildman–Crippen MR) is 64.4 cm³/mol. The summed E-state index contributed by atoms with van der Waals surface area (Å²) in [5, 5.41) is 10.2. The molecule has 2 heteroatoms. The summed E-state index contributed by atoms with van der Waals surface area (Å²) < 4.78 is 5.70. The quantitative estimate of drug-likeness (QED) is 0.787. The van der Waals surface area contributed by atoms with E-state index in [0.717, 1.165) is 18.6 Å². The second kappa shape index (κ2) is 3.95. The first kappa shape index (κ1) is 11.2. The molecule has 1 saturated carbocycles. The van der Waals surface area contributed by atoms with Crippen LogP contribution < -0.4 is 4.74 Å². The van der Waals surface area contributed by atoms with E-state index in [1.54, 1.807) is 6.08 Å². The average molecular weight is 218 g/mol. The molecule has 0 saturated heterocycles. The zero-order valence-electron chi connectivity index (χ0n) is 9.65. The Morgan fingerprint density at radius 3 is 2.56 bits per heavy atom. The molecule has 0 bridgehead atoms. The minimum Gasteiger partial charge on any atom is -0.493 e. The summed E-state index contributed by atoms with van der Waals surface area (Å²) in [7, 11) is 0. The van der Waals surface area contributed by atoms with Gasteiger partial charge in [-0.15, -0.1) is 6.58 Å². The van der Waals surface area contributed by atoms with Gasteiger partial charge in [-0.25, -0.2) is 0 Å². The zero-order chi connectivity index (χ0) is 11.6. The molecule has 2 nitrogen and oxygen atoms in total. The third-order valence-electron chi connectivity index (χ3n) is 3.74. The number of benzene rings is 1. The topological polar surface area (TPSA) is 29.5 Å². The van der Waals surface area contributed by atoms with E-state index < -0.39 is 5.60 Å². The number of ether oxygens (including phenoxy) is 1. The Morgan fingerprint density at radius 2 is 2.06 bits per heavy atom. The van der Waals surface area contributed by atoms with Crippen molar-refractivity contribution < 1.29 is 9.84 Å². The Kier molecular flexibility index (Phi) is 2.76. The molecule has 1 fully saturated rings. The third kappa shape index (κ3) is 1.74. The zero-order valence-corrected chi connectivity index (χ0v) is 9.65. The predicted octanol–water partition coefficient (Wildman–Crippen LogP) is 2.78. The first-order valence-electron chi connectivity index (χ1n) is 5.63. The maximum atomic E-state index is 10.2. The van der Waals surface area contributed by atoms with Crippen molar-refractivity contribution in [2.75, 3.05) is 6.61 Å².